The van der Waals surface area contributed by atoms with Crippen LogP contribution in [0.5, 0.6) is 0 Å². The van der Waals surface area contributed by atoms with Crippen molar-refractivity contribution in [1.82, 2.24) is 15.1 Å². The van der Waals surface area contributed by atoms with Crippen molar-refractivity contribution in [3.8, 4) is 11.3 Å². The highest BCUT2D eigenvalue weighted by Crippen LogP contribution is 2.30. The lowest BCUT2D eigenvalue weighted by molar-refractivity contribution is 0.0781. The monoisotopic (exact) mass is 348 g/mol. The quantitative estimate of drug-likeness (QED) is 0.893. The van der Waals surface area contributed by atoms with Gasteiger partial charge in [-0.1, -0.05) is 30.3 Å². The summed E-state index contributed by atoms with van der Waals surface area (Å²) in [6.07, 6.45) is 0.972. The van der Waals surface area contributed by atoms with E-state index in [9.17, 15) is 4.79 Å². The minimum absolute atomic E-state index is 0.0208. The third-order valence-electron chi connectivity index (χ3n) is 3.87. The zero-order chi connectivity index (χ0) is 14.8. The summed E-state index contributed by atoms with van der Waals surface area (Å²) < 4.78 is 0.717. The second-order valence-corrected chi connectivity index (χ2v) is 6.06. The standard InChI is InChI=1S/C15H17BrN4O/c16-12-13(11-4-2-1-3-5-11)18-19-14(12)15(21)20-7-6-10(8-17)9-20/h1-5,10H,6-9,17H2,(H,18,19). The van der Waals surface area contributed by atoms with Gasteiger partial charge in [0.15, 0.2) is 0 Å². The van der Waals surface area contributed by atoms with Crippen molar-refractivity contribution in [3.63, 3.8) is 0 Å². The molecule has 21 heavy (non-hydrogen) atoms. The molecule has 1 amide bonds. The van der Waals surface area contributed by atoms with E-state index in [1.54, 1.807) is 0 Å². The molecule has 1 aromatic carbocycles. The first-order chi connectivity index (χ1) is 10.2. The Bertz CT molecular complexity index is 640. The van der Waals surface area contributed by atoms with Gasteiger partial charge >= 0.3 is 0 Å². The van der Waals surface area contributed by atoms with E-state index in [-0.39, 0.29) is 5.91 Å². The van der Waals surface area contributed by atoms with E-state index in [1.807, 2.05) is 35.2 Å². The number of carbonyl (C=O) groups is 1. The van der Waals surface area contributed by atoms with Crippen molar-refractivity contribution in [2.45, 2.75) is 6.42 Å². The Labute approximate surface area is 131 Å². The summed E-state index contributed by atoms with van der Waals surface area (Å²) in [5, 5.41) is 7.14. The molecule has 0 radical (unpaired) electrons. The Kier molecular flexibility index (Phi) is 4.07. The van der Waals surface area contributed by atoms with Crippen LogP contribution in [0, 0.1) is 5.92 Å². The van der Waals surface area contributed by atoms with Crippen LogP contribution in [-0.4, -0.2) is 40.6 Å². The topological polar surface area (TPSA) is 75.0 Å². The molecule has 2 heterocycles. The van der Waals surface area contributed by atoms with Crippen molar-refractivity contribution < 1.29 is 4.79 Å². The van der Waals surface area contributed by atoms with Gasteiger partial charge in [-0.3, -0.25) is 9.89 Å². The predicted octanol–water partition coefficient (Wildman–Crippen LogP) is 2.26. The number of halogens is 1. The molecule has 3 rings (SSSR count). The van der Waals surface area contributed by atoms with Gasteiger partial charge in [-0.05, 0) is 34.8 Å². The van der Waals surface area contributed by atoms with Gasteiger partial charge in [0.1, 0.15) is 11.4 Å². The van der Waals surface area contributed by atoms with E-state index in [2.05, 4.69) is 26.1 Å². The first kappa shape index (κ1) is 14.3. The fraction of sp³-hybridized carbons (Fsp3) is 0.333. The number of rotatable bonds is 3. The van der Waals surface area contributed by atoms with E-state index in [0.717, 1.165) is 35.2 Å². The van der Waals surface area contributed by atoms with Gasteiger partial charge < -0.3 is 10.6 Å². The Hall–Kier alpha value is -1.66. The average Bonchev–Trinajstić information content (AvgIpc) is 3.14. The van der Waals surface area contributed by atoms with Crippen LogP contribution < -0.4 is 5.73 Å². The molecule has 6 heteroatoms. The fourth-order valence-corrected chi connectivity index (χ4v) is 3.20. The van der Waals surface area contributed by atoms with Gasteiger partial charge in [0, 0.05) is 18.7 Å². The van der Waals surface area contributed by atoms with Crippen LogP contribution in [0.25, 0.3) is 11.3 Å². The maximum absolute atomic E-state index is 12.6. The number of nitrogens with zero attached hydrogens (tertiary/aromatic N) is 2. The maximum Gasteiger partial charge on any atom is 0.273 e. The smallest absolute Gasteiger partial charge is 0.273 e. The molecule has 1 aliphatic heterocycles. The lowest BCUT2D eigenvalue weighted by Crippen LogP contribution is -2.30. The van der Waals surface area contributed by atoms with E-state index in [0.29, 0.717) is 18.2 Å². The number of H-pyrrole nitrogens is 1. The summed E-state index contributed by atoms with van der Waals surface area (Å²) in [5.41, 5.74) is 7.91. The Balaban J connectivity index is 1.84. The highest BCUT2D eigenvalue weighted by atomic mass is 79.9. The van der Waals surface area contributed by atoms with Crippen molar-refractivity contribution in [1.29, 1.82) is 0 Å². The van der Waals surface area contributed by atoms with Gasteiger partial charge in [-0.2, -0.15) is 5.10 Å². The van der Waals surface area contributed by atoms with Crippen molar-refractivity contribution in [2.75, 3.05) is 19.6 Å². The summed E-state index contributed by atoms with van der Waals surface area (Å²) in [5.74, 6) is 0.386. The maximum atomic E-state index is 12.6. The number of amides is 1. The number of carbonyl (C=O) groups excluding carboxylic acids is 1. The summed E-state index contributed by atoms with van der Waals surface area (Å²) in [6.45, 7) is 2.11. The van der Waals surface area contributed by atoms with E-state index in [4.69, 9.17) is 5.73 Å². The van der Waals surface area contributed by atoms with Gasteiger partial charge in [-0.15, -0.1) is 0 Å². The van der Waals surface area contributed by atoms with Crippen LogP contribution in [0.2, 0.25) is 0 Å². The molecule has 1 aliphatic rings. The SMILES string of the molecule is NCC1CCN(C(=O)c2[nH]nc(-c3ccccc3)c2Br)C1. The van der Waals surface area contributed by atoms with Crippen LogP contribution in [0.1, 0.15) is 16.9 Å². The average molecular weight is 349 g/mol. The number of hydrogen-bond acceptors (Lipinski definition) is 3. The number of nitrogens with two attached hydrogens (primary N) is 1. The molecular weight excluding hydrogens is 332 g/mol. The molecule has 110 valence electrons. The predicted molar refractivity (Wildman–Crippen MR) is 84.8 cm³/mol. The molecule has 1 fully saturated rings. The highest BCUT2D eigenvalue weighted by molar-refractivity contribution is 9.10. The lowest BCUT2D eigenvalue weighted by Gasteiger charge is -2.15. The van der Waals surface area contributed by atoms with Gasteiger partial charge in [0.05, 0.1) is 4.47 Å². The minimum atomic E-state index is -0.0208. The van der Waals surface area contributed by atoms with E-state index in [1.165, 1.54) is 0 Å². The molecule has 0 saturated carbocycles. The van der Waals surface area contributed by atoms with Crippen molar-refractivity contribution in [2.24, 2.45) is 11.7 Å². The van der Waals surface area contributed by atoms with Crippen LogP contribution in [0.15, 0.2) is 34.8 Å². The first-order valence-corrected chi connectivity index (χ1v) is 7.78. The van der Waals surface area contributed by atoms with E-state index >= 15 is 0 Å². The Morgan fingerprint density at radius 2 is 2.19 bits per heavy atom. The van der Waals surface area contributed by atoms with Crippen molar-refractivity contribution >= 4 is 21.8 Å². The van der Waals surface area contributed by atoms with Crippen LogP contribution in [0.4, 0.5) is 0 Å². The fourth-order valence-electron chi connectivity index (χ4n) is 2.62. The molecule has 5 nitrogen and oxygen atoms in total. The molecule has 1 atom stereocenters. The molecular formula is C15H17BrN4O. The van der Waals surface area contributed by atoms with Gasteiger partial charge in [-0.25, -0.2) is 0 Å². The van der Waals surface area contributed by atoms with Crippen LogP contribution >= 0.6 is 15.9 Å². The third kappa shape index (κ3) is 2.73. The van der Waals surface area contributed by atoms with Gasteiger partial charge in [0.25, 0.3) is 5.91 Å². The number of aromatic amines is 1. The first-order valence-electron chi connectivity index (χ1n) is 6.99. The minimum Gasteiger partial charge on any atom is -0.337 e. The normalized spacial score (nSPS) is 18.2. The molecule has 1 saturated heterocycles. The number of aromatic nitrogens is 2. The van der Waals surface area contributed by atoms with Crippen LogP contribution in [0.3, 0.4) is 0 Å². The van der Waals surface area contributed by atoms with Crippen molar-refractivity contribution in [3.05, 3.63) is 40.5 Å². The molecule has 0 bridgehead atoms. The van der Waals surface area contributed by atoms with E-state index < -0.39 is 0 Å². The third-order valence-corrected chi connectivity index (χ3v) is 4.65. The van der Waals surface area contributed by atoms with Gasteiger partial charge in [0.2, 0.25) is 0 Å². The Morgan fingerprint density at radius 1 is 1.43 bits per heavy atom. The largest absolute Gasteiger partial charge is 0.337 e. The molecule has 0 spiro atoms. The lowest BCUT2D eigenvalue weighted by atomic mass is 10.1. The Morgan fingerprint density at radius 3 is 2.86 bits per heavy atom. The zero-order valence-electron chi connectivity index (χ0n) is 11.6. The second kappa shape index (κ2) is 5.99. The summed E-state index contributed by atoms with van der Waals surface area (Å²) in [6, 6.07) is 9.78. The molecule has 3 N–H and O–H groups in total. The zero-order valence-corrected chi connectivity index (χ0v) is 13.1. The van der Waals surface area contributed by atoms with Crippen LogP contribution in [-0.2, 0) is 0 Å². The highest BCUT2D eigenvalue weighted by Gasteiger charge is 2.29. The number of nitrogens with one attached hydrogen (secondary N) is 1. The molecule has 2 aromatic rings. The second-order valence-electron chi connectivity index (χ2n) is 5.27. The molecule has 1 aromatic heterocycles. The number of likely N-dealkylation sites (tertiary alicyclic amines) is 1. The number of hydrogen-bond donors (Lipinski definition) is 2. The summed E-state index contributed by atoms with van der Waals surface area (Å²) in [7, 11) is 0. The molecule has 1 unspecified atom stereocenters. The summed E-state index contributed by atoms with van der Waals surface area (Å²) in [4.78, 5) is 14.4. The summed E-state index contributed by atoms with van der Waals surface area (Å²) >= 11 is 3.50. The molecule has 0 aliphatic carbocycles. The number of benzene rings is 1.